The zero-order chi connectivity index (χ0) is 17.4. The van der Waals surface area contributed by atoms with Crippen molar-refractivity contribution in [3.05, 3.63) is 69.4 Å². The fourth-order valence-corrected chi connectivity index (χ4v) is 2.99. The van der Waals surface area contributed by atoms with E-state index in [4.69, 9.17) is 22.1 Å². The average molecular weight is 347 g/mol. The van der Waals surface area contributed by atoms with Gasteiger partial charge in [-0.2, -0.15) is 0 Å². The van der Waals surface area contributed by atoms with E-state index >= 15 is 0 Å². The van der Waals surface area contributed by atoms with Crippen LogP contribution in [0.2, 0.25) is 5.02 Å². The number of hydrogen-bond donors (Lipinski definition) is 1. The zero-order valence-corrected chi connectivity index (χ0v) is 14.0. The third-order valence-corrected chi connectivity index (χ3v) is 4.20. The van der Waals surface area contributed by atoms with Crippen molar-refractivity contribution < 1.29 is 9.13 Å². The Hall–Kier alpha value is -2.37. The van der Waals surface area contributed by atoms with E-state index < -0.39 is 11.9 Å². The molecule has 2 aromatic carbocycles. The number of aromatic nitrogens is 1. The van der Waals surface area contributed by atoms with Gasteiger partial charge in [-0.1, -0.05) is 23.7 Å². The molecule has 0 amide bonds. The van der Waals surface area contributed by atoms with Crippen molar-refractivity contribution >= 4 is 22.4 Å². The predicted octanol–water partition coefficient (Wildman–Crippen LogP) is 3.81. The van der Waals surface area contributed by atoms with Gasteiger partial charge in [0.25, 0.3) is 5.56 Å². The minimum absolute atomic E-state index is 0.0503. The molecule has 1 unspecified atom stereocenters. The summed E-state index contributed by atoms with van der Waals surface area (Å²) in [5.74, 6) is -0.454. The van der Waals surface area contributed by atoms with Gasteiger partial charge >= 0.3 is 0 Å². The number of methoxy groups -OCH3 is 1. The Bertz CT molecular complexity index is 983. The van der Waals surface area contributed by atoms with E-state index in [1.54, 1.807) is 19.1 Å². The first kappa shape index (κ1) is 16.5. The molecule has 3 rings (SSSR count). The summed E-state index contributed by atoms with van der Waals surface area (Å²) in [5.41, 5.74) is 6.81. The van der Waals surface area contributed by atoms with Crippen LogP contribution < -0.4 is 16.0 Å². The van der Waals surface area contributed by atoms with Gasteiger partial charge in [-0.3, -0.25) is 9.36 Å². The Labute approximate surface area is 143 Å². The lowest BCUT2D eigenvalue weighted by molar-refractivity contribution is 0.386. The third kappa shape index (κ3) is 2.66. The highest BCUT2D eigenvalue weighted by molar-refractivity contribution is 6.35. The summed E-state index contributed by atoms with van der Waals surface area (Å²) < 4.78 is 20.2. The van der Waals surface area contributed by atoms with Crippen LogP contribution >= 0.6 is 11.6 Å². The SMILES string of the molecule is COc1cc(-n2c(C(C)N)cc3cccc(Cl)c3c2=O)ccc1F. The lowest BCUT2D eigenvalue weighted by Gasteiger charge is -2.18. The highest BCUT2D eigenvalue weighted by atomic mass is 35.5. The van der Waals surface area contributed by atoms with Crippen LogP contribution in [0, 0.1) is 5.82 Å². The van der Waals surface area contributed by atoms with Crippen molar-refractivity contribution in [2.45, 2.75) is 13.0 Å². The van der Waals surface area contributed by atoms with E-state index in [0.717, 1.165) is 0 Å². The van der Waals surface area contributed by atoms with Crippen molar-refractivity contribution in [1.29, 1.82) is 0 Å². The number of nitrogens with zero attached hydrogens (tertiary/aromatic N) is 1. The van der Waals surface area contributed by atoms with E-state index in [-0.39, 0.29) is 11.3 Å². The van der Waals surface area contributed by atoms with Crippen molar-refractivity contribution in [2.24, 2.45) is 5.73 Å². The zero-order valence-electron chi connectivity index (χ0n) is 13.2. The number of halogens is 2. The smallest absolute Gasteiger partial charge is 0.264 e. The highest BCUT2D eigenvalue weighted by Crippen LogP contribution is 2.26. The number of nitrogens with two attached hydrogens (primary N) is 1. The molecule has 0 saturated heterocycles. The molecule has 24 heavy (non-hydrogen) atoms. The Morgan fingerprint density at radius 1 is 1.25 bits per heavy atom. The maximum Gasteiger partial charge on any atom is 0.264 e. The van der Waals surface area contributed by atoms with Gasteiger partial charge in [-0.05, 0) is 36.6 Å². The minimum Gasteiger partial charge on any atom is -0.494 e. The molecule has 0 bridgehead atoms. The molecule has 0 spiro atoms. The minimum atomic E-state index is -0.504. The first-order valence-corrected chi connectivity index (χ1v) is 7.75. The van der Waals surface area contributed by atoms with Crippen LogP contribution in [-0.4, -0.2) is 11.7 Å². The number of ether oxygens (including phenoxy) is 1. The molecule has 1 aromatic heterocycles. The van der Waals surface area contributed by atoms with Crippen LogP contribution in [0.1, 0.15) is 18.7 Å². The van der Waals surface area contributed by atoms with Gasteiger partial charge in [0.05, 0.1) is 23.2 Å². The van der Waals surface area contributed by atoms with E-state index in [1.165, 1.54) is 29.9 Å². The normalized spacial score (nSPS) is 12.4. The lowest BCUT2D eigenvalue weighted by Crippen LogP contribution is -2.26. The van der Waals surface area contributed by atoms with Gasteiger partial charge in [0, 0.05) is 17.8 Å². The average Bonchev–Trinajstić information content (AvgIpc) is 2.55. The number of hydrogen-bond acceptors (Lipinski definition) is 3. The van der Waals surface area contributed by atoms with Crippen LogP contribution in [0.15, 0.2) is 47.3 Å². The molecule has 0 aliphatic carbocycles. The van der Waals surface area contributed by atoms with Crippen molar-refractivity contribution in [3.63, 3.8) is 0 Å². The predicted molar refractivity (Wildman–Crippen MR) is 93.7 cm³/mol. The molecule has 0 fully saturated rings. The molecule has 2 N–H and O–H groups in total. The van der Waals surface area contributed by atoms with E-state index in [0.29, 0.717) is 27.2 Å². The molecule has 0 saturated carbocycles. The summed E-state index contributed by atoms with van der Waals surface area (Å²) >= 11 is 6.21. The second-order valence-electron chi connectivity index (χ2n) is 5.52. The van der Waals surface area contributed by atoms with Gasteiger partial charge in [0.15, 0.2) is 11.6 Å². The number of rotatable bonds is 3. The quantitative estimate of drug-likeness (QED) is 0.784. The molecule has 1 heterocycles. The fourth-order valence-electron chi connectivity index (χ4n) is 2.73. The van der Waals surface area contributed by atoms with E-state index in [9.17, 15) is 9.18 Å². The van der Waals surface area contributed by atoms with Gasteiger partial charge in [-0.25, -0.2) is 4.39 Å². The molecular formula is C18H16ClFN2O2. The second kappa shape index (κ2) is 6.26. The second-order valence-corrected chi connectivity index (χ2v) is 5.93. The molecule has 0 aliphatic heterocycles. The molecule has 124 valence electrons. The Morgan fingerprint density at radius 3 is 2.67 bits per heavy atom. The number of fused-ring (bicyclic) bond motifs is 1. The molecule has 4 nitrogen and oxygen atoms in total. The molecule has 3 aromatic rings. The Balaban J connectivity index is 2.42. The summed E-state index contributed by atoms with van der Waals surface area (Å²) in [7, 11) is 1.37. The Kier molecular flexibility index (Phi) is 4.30. The number of benzene rings is 2. The summed E-state index contributed by atoms with van der Waals surface area (Å²) in [6, 6.07) is 10.9. The maximum absolute atomic E-state index is 13.7. The van der Waals surface area contributed by atoms with Crippen LogP contribution in [0.4, 0.5) is 4.39 Å². The van der Waals surface area contributed by atoms with Gasteiger partial charge in [0.2, 0.25) is 0 Å². The monoisotopic (exact) mass is 346 g/mol. The topological polar surface area (TPSA) is 57.2 Å². The summed E-state index contributed by atoms with van der Waals surface area (Å²) in [4.78, 5) is 13.0. The first-order chi connectivity index (χ1) is 11.4. The van der Waals surface area contributed by atoms with E-state index in [2.05, 4.69) is 0 Å². The van der Waals surface area contributed by atoms with Crippen molar-refractivity contribution in [2.75, 3.05) is 7.11 Å². The van der Waals surface area contributed by atoms with Crippen molar-refractivity contribution in [1.82, 2.24) is 4.57 Å². The number of pyridine rings is 1. The standard InChI is InChI=1S/C18H16ClFN2O2/c1-10(21)15-8-11-4-3-5-13(19)17(11)18(23)22(15)12-6-7-14(20)16(9-12)24-2/h3-10H,21H2,1-2H3. The lowest BCUT2D eigenvalue weighted by atomic mass is 10.1. The van der Waals surface area contributed by atoms with Crippen LogP contribution in [-0.2, 0) is 0 Å². The van der Waals surface area contributed by atoms with Gasteiger partial charge < -0.3 is 10.5 Å². The summed E-state index contributed by atoms with van der Waals surface area (Å²) in [5, 5.41) is 1.47. The largest absolute Gasteiger partial charge is 0.494 e. The van der Waals surface area contributed by atoms with Crippen LogP contribution in [0.5, 0.6) is 5.75 Å². The molecule has 1 atom stereocenters. The molecule has 0 aliphatic rings. The third-order valence-electron chi connectivity index (χ3n) is 3.88. The molecular weight excluding hydrogens is 331 g/mol. The van der Waals surface area contributed by atoms with Crippen LogP contribution in [0.3, 0.4) is 0 Å². The Morgan fingerprint density at radius 2 is 2.00 bits per heavy atom. The maximum atomic E-state index is 13.7. The fraction of sp³-hybridized carbons (Fsp3) is 0.167. The highest BCUT2D eigenvalue weighted by Gasteiger charge is 2.17. The summed E-state index contributed by atoms with van der Waals surface area (Å²) in [6.07, 6.45) is 0. The van der Waals surface area contributed by atoms with E-state index in [1.807, 2.05) is 12.1 Å². The van der Waals surface area contributed by atoms with Gasteiger partial charge in [0.1, 0.15) is 0 Å². The molecule has 6 heteroatoms. The molecule has 0 radical (unpaired) electrons. The summed E-state index contributed by atoms with van der Waals surface area (Å²) in [6.45, 7) is 1.78. The van der Waals surface area contributed by atoms with Crippen LogP contribution in [0.25, 0.3) is 16.5 Å². The first-order valence-electron chi connectivity index (χ1n) is 7.37. The van der Waals surface area contributed by atoms with Gasteiger partial charge in [-0.15, -0.1) is 0 Å². The van der Waals surface area contributed by atoms with Crippen molar-refractivity contribution in [3.8, 4) is 11.4 Å².